The summed E-state index contributed by atoms with van der Waals surface area (Å²) in [5, 5.41) is 37.1. The van der Waals surface area contributed by atoms with Gasteiger partial charge in [-0.2, -0.15) is 0 Å². The monoisotopic (exact) mass is 715 g/mol. The Kier molecular flexibility index (Phi) is 15.3. The SMILES string of the molecule is CC[C@H]1OC(=O)[C@H](C)[C@@H](O[C@H]2C[C@@](C)(OC)[C@@H](O)[C@H](C)O2)[C@H](C)[C@@H](O[C@@H]2C[C@H](C)C[C@H](NC)[C@H]2O)[C@@](C)(OC)C[C@@H](C)C(=O)[C@H](C)[C@@H](O)[C@H]1C. The Labute approximate surface area is 300 Å². The third-order valence-corrected chi connectivity index (χ3v) is 12.4. The van der Waals surface area contributed by atoms with Gasteiger partial charge in [0.15, 0.2) is 6.29 Å². The van der Waals surface area contributed by atoms with Gasteiger partial charge < -0.3 is 49.1 Å². The van der Waals surface area contributed by atoms with E-state index in [0.29, 0.717) is 12.8 Å². The summed E-state index contributed by atoms with van der Waals surface area (Å²) in [5.74, 6) is -3.53. The van der Waals surface area contributed by atoms with Crippen LogP contribution in [-0.2, 0) is 38.0 Å². The van der Waals surface area contributed by atoms with E-state index in [2.05, 4.69) is 12.2 Å². The van der Waals surface area contributed by atoms with Crippen LogP contribution in [0.25, 0.3) is 0 Å². The first-order valence-electron chi connectivity index (χ1n) is 18.8. The molecule has 3 fully saturated rings. The lowest BCUT2D eigenvalue weighted by Crippen LogP contribution is -2.60. The van der Waals surface area contributed by atoms with Crippen molar-refractivity contribution in [3.05, 3.63) is 0 Å². The van der Waals surface area contributed by atoms with Gasteiger partial charge >= 0.3 is 5.97 Å². The van der Waals surface area contributed by atoms with Crippen LogP contribution in [0.5, 0.6) is 0 Å². The van der Waals surface area contributed by atoms with Crippen LogP contribution in [0.15, 0.2) is 0 Å². The smallest absolute Gasteiger partial charge is 0.311 e. The molecule has 0 aromatic heterocycles. The van der Waals surface area contributed by atoms with Crippen molar-refractivity contribution in [2.45, 2.75) is 174 Å². The highest BCUT2D eigenvalue weighted by Crippen LogP contribution is 2.41. The van der Waals surface area contributed by atoms with Gasteiger partial charge in [-0.15, -0.1) is 0 Å². The van der Waals surface area contributed by atoms with Crippen molar-refractivity contribution in [3.63, 3.8) is 0 Å². The number of rotatable bonds is 8. The lowest BCUT2D eigenvalue weighted by Gasteiger charge is -2.49. The first-order chi connectivity index (χ1) is 23.3. The quantitative estimate of drug-likeness (QED) is 0.271. The van der Waals surface area contributed by atoms with Crippen LogP contribution in [0.1, 0.15) is 101 Å². The summed E-state index contributed by atoms with van der Waals surface area (Å²) < 4.78 is 38.2. The van der Waals surface area contributed by atoms with Gasteiger partial charge in [-0.3, -0.25) is 9.59 Å². The van der Waals surface area contributed by atoms with E-state index in [0.717, 1.165) is 6.42 Å². The van der Waals surface area contributed by atoms with Crippen molar-refractivity contribution in [1.29, 1.82) is 0 Å². The van der Waals surface area contributed by atoms with Gasteiger partial charge in [0.2, 0.25) is 0 Å². The number of hydrogen-bond acceptors (Lipinski definition) is 12. The van der Waals surface area contributed by atoms with E-state index in [1.165, 1.54) is 7.11 Å². The summed E-state index contributed by atoms with van der Waals surface area (Å²) in [7, 11) is 4.94. The van der Waals surface area contributed by atoms with Crippen molar-refractivity contribution in [2.75, 3.05) is 21.3 Å². The maximum absolute atomic E-state index is 14.1. The Morgan fingerprint density at radius 3 is 2.02 bits per heavy atom. The third kappa shape index (κ3) is 9.28. The summed E-state index contributed by atoms with van der Waals surface area (Å²) in [6.45, 7) is 18.5. The van der Waals surface area contributed by atoms with Gasteiger partial charge in [0.05, 0.1) is 53.7 Å². The van der Waals surface area contributed by atoms with Gasteiger partial charge in [-0.1, -0.05) is 41.5 Å². The molecule has 1 saturated carbocycles. The predicted molar refractivity (Wildman–Crippen MR) is 188 cm³/mol. The fourth-order valence-electron chi connectivity index (χ4n) is 8.81. The number of carbonyl (C=O) groups is 2. The van der Waals surface area contributed by atoms with Crippen LogP contribution in [-0.4, -0.2) is 121 Å². The highest BCUT2D eigenvalue weighted by atomic mass is 16.7. The van der Waals surface area contributed by atoms with Crippen LogP contribution < -0.4 is 5.32 Å². The van der Waals surface area contributed by atoms with Gasteiger partial charge in [-0.25, -0.2) is 0 Å². The van der Waals surface area contributed by atoms with Crippen LogP contribution >= 0.6 is 0 Å². The molecule has 4 N–H and O–H groups in total. The predicted octanol–water partition coefficient (Wildman–Crippen LogP) is 3.65. The average molecular weight is 716 g/mol. The minimum atomic E-state index is -1.10. The molecule has 0 unspecified atom stereocenters. The lowest BCUT2D eigenvalue weighted by molar-refractivity contribution is -0.302. The fraction of sp³-hybridized carbons (Fsp3) is 0.947. The lowest BCUT2D eigenvalue weighted by atomic mass is 9.74. The maximum atomic E-state index is 14.1. The Hall–Kier alpha value is -1.22. The highest BCUT2D eigenvalue weighted by molar-refractivity contribution is 5.83. The molecular weight excluding hydrogens is 646 g/mol. The van der Waals surface area contributed by atoms with Crippen LogP contribution in [0.3, 0.4) is 0 Å². The zero-order chi connectivity index (χ0) is 37.9. The molecule has 12 nitrogen and oxygen atoms in total. The molecule has 50 heavy (non-hydrogen) atoms. The first-order valence-corrected chi connectivity index (χ1v) is 18.8. The fourth-order valence-corrected chi connectivity index (χ4v) is 8.81. The minimum absolute atomic E-state index is 0.123. The minimum Gasteiger partial charge on any atom is -0.462 e. The molecular formula is C38H69NO11. The number of ether oxygens (including phenoxy) is 6. The molecule has 2 aliphatic heterocycles. The number of carbonyl (C=O) groups excluding carboxylic acids is 2. The molecule has 0 amide bonds. The summed E-state index contributed by atoms with van der Waals surface area (Å²) in [6.07, 6.45) is -4.81. The molecule has 0 radical (unpaired) electrons. The van der Waals surface area contributed by atoms with Gasteiger partial charge in [0.1, 0.15) is 18.0 Å². The number of aliphatic hydroxyl groups excluding tert-OH is 3. The van der Waals surface area contributed by atoms with Crippen LogP contribution in [0.2, 0.25) is 0 Å². The number of nitrogens with one attached hydrogen (secondary N) is 1. The summed E-state index contributed by atoms with van der Waals surface area (Å²) in [6, 6.07) is -0.182. The summed E-state index contributed by atoms with van der Waals surface area (Å²) >= 11 is 0. The molecule has 12 heteroatoms. The molecule has 292 valence electrons. The largest absolute Gasteiger partial charge is 0.462 e. The Bertz CT molecular complexity index is 1110. The molecule has 0 aromatic carbocycles. The second-order valence-electron chi connectivity index (χ2n) is 16.3. The van der Waals surface area contributed by atoms with Gasteiger partial charge in [0.25, 0.3) is 0 Å². The number of hydrogen-bond donors (Lipinski definition) is 4. The number of likely N-dealkylation sites (N-methyl/N-ethyl adjacent to an activating group) is 1. The van der Waals surface area contributed by atoms with Crippen molar-refractivity contribution < 1.29 is 53.3 Å². The molecule has 2 heterocycles. The maximum Gasteiger partial charge on any atom is 0.311 e. The second-order valence-corrected chi connectivity index (χ2v) is 16.3. The van der Waals surface area contributed by atoms with Crippen molar-refractivity contribution >= 4 is 11.8 Å². The number of ketones is 1. The van der Waals surface area contributed by atoms with E-state index in [-0.39, 0.29) is 30.6 Å². The van der Waals surface area contributed by atoms with E-state index in [1.807, 2.05) is 34.7 Å². The molecule has 1 aliphatic carbocycles. The van der Waals surface area contributed by atoms with E-state index >= 15 is 0 Å². The standard InChI is InChI=1S/C38H69NO11/c1-14-27-21(4)31(41)22(5)30(40)20(3)17-38(10,46-13)35(48-28-16-19(2)15-26(39-11)32(28)42)23(6)33(24(7)36(44)49-27)50-29-18-37(9,45-12)34(43)25(8)47-29/h19-29,31-35,39,41-43H,14-18H2,1-13H3/t19-,20-,21+,22+,23+,24-,25+,26+,27-,28-,29+,31+,32-,33+,34+,35-,37-,38+/m1/s1. The van der Waals surface area contributed by atoms with Crippen molar-refractivity contribution in [2.24, 2.45) is 35.5 Å². The third-order valence-electron chi connectivity index (χ3n) is 12.4. The number of cyclic esters (lactones) is 1. The van der Waals surface area contributed by atoms with E-state index in [9.17, 15) is 24.9 Å². The topological polar surface area (TPSA) is 162 Å². The van der Waals surface area contributed by atoms with Crippen molar-refractivity contribution in [3.8, 4) is 0 Å². The molecule has 3 rings (SSSR count). The van der Waals surface area contributed by atoms with Gasteiger partial charge in [-0.05, 0) is 66.3 Å². The van der Waals surface area contributed by atoms with Crippen molar-refractivity contribution in [1.82, 2.24) is 5.32 Å². The molecule has 18 atom stereocenters. The van der Waals surface area contributed by atoms with E-state index in [4.69, 9.17) is 28.4 Å². The normalized spacial score (nSPS) is 48.9. The highest BCUT2D eigenvalue weighted by Gasteiger charge is 2.52. The van der Waals surface area contributed by atoms with Gasteiger partial charge in [0, 0.05) is 50.4 Å². The molecule has 3 aliphatic rings. The van der Waals surface area contributed by atoms with E-state index < -0.39 is 102 Å². The number of methoxy groups -OCH3 is 2. The number of Topliss-reactive ketones (excluding diaryl/α,β-unsaturated/α-hetero) is 1. The van der Waals surface area contributed by atoms with Crippen LogP contribution in [0.4, 0.5) is 0 Å². The average Bonchev–Trinajstić information content (AvgIpc) is 3.09. The first kappa shape index (κ1) is 43.2. The Balaban J connectivity index is 2.18. The van der Waals surface area contributed by atoms with Crippen LogP contribution in [0, 0.1) is 35.5 Å². The zero-order valence-corrected chi connectivity index (χ0v) is 32.9. The summed E-state index contributed by atoms with van der Waals surface area (Å²) in [4.78, 5) is 28.1. The van der Waals surface area contributed by atoms with E-state index in [1.54, 1.807) is 41.7 Å². The summed E-state index contributed by atoms with van der Waals surface area (Å²) in [5.41, 5.74) is -2.07. The number of esters is 1. The Morgan fingerprint density at radius 2 is 1.46 bits per heavy atom. The number of aliphatic hydroxyl groups is 3. The zero-order valence-electron chi connectivity index (χ0n) is 32.9. The Morgan fingerprint density at radius 1 is 0.840 bits per heavy atom. The molecule has 0 spiro atoms. The molecule has 0 bridgehead atoms. The molecule has 0 aromatic rings. The molecule has 2 saturated heterocycles. The second kappa shape index (κ2) is 17.7.